The van der Waals surface area contributed by atoms with Crippen molar-refractivity contribution < 1.29 is 9.59 Å². The number of nitrogens with one attached hydrogen (secondary N) is 2. The van der Waals surface area contributed by atoms with E-state index in [0.29, 0.717) is 21.6 Å². The topological polar surface area (TPSA) is 102 Å². The highest BCUT2D eigenvalue weighted by molar-refractivity contribution is 8.00. The van der Waals surface area contributed by atoms with E-state index in [4.69, 9.17) is 11.6 Å². The molecular formula is C19H19ClN6O2S. The van der Waals surface area contributed by atoms with Crippen LogP contribution in [0.1, 0.15) is 18.1 Å². The van der Waals surface area contributed by atoms with Crippen molar-refractivity contribution in [3.63, 3.8) is 0 Å². The third-order valence-corrected chi connectivity index (χ3v) is 5.32. The highest BCUT2D eigenvalue weighted by Crippen LogP contribution is 2.23. The van der Waals surface area contributed by atoms with E-state index >= 15 is 0 Å². The van der Waals surface area contributed by atoms with Crippen molar-refractivity contribution in [2.75, 3.05) is 5.32 Å². The third kappa shape index (κ3) is 5.33. The van der Waals surface area contributed by atoms with Gasteiger partial charge in [-0.05, 0) is 67.1 Å². The lowest BCUT2D eigenvalue weighted by Crippen LogP contribution is -2.39. The van der Waals surface area contributed by atoms with E-state index in [1.807, 2.05) is 26.0 Å². The molecule has 0 aliphatic heterocycles. The molecule has 1 aromatic heterocycles. The monoisotopic (exact) mass is 430 g/mol. The van der Waals surface area contributed by atoms with E-state index in [9.17, 15) is 9.59 Å². The first kappa shape index (κ1) is 20.8. The minimum atomic E-state index is -0.600. The molecule has 0 aliphatic rings. The highest BCUT2D eigenvalue weighted by atomic mass is 35.5. The average Bonchev–Trinajstić information content (AvgIpc) is 3.12. The SMILES string of the molecule is Cc1ccc(NC(=O)NC(=O)C(C)Sc2nnnn2-c2ccc(Cl)cc2)c(C)c1. The van der Waals surface area contributed by atoms with E-state index in [0.717, 1.165) is 22.9 Å². The van der Waals surface area contributed by atoms with Crippen LogP contribution in [-0.4, -0.2) is 37.4 Å². The van der Waals surface area contributed by atoms with Crippen LogP contribution in [-0.2, 0) is 4.79 Å². The van der Waals surface area contributed by atoms with Gasteiger partial charge in [0.2, 0.25) is 11.1 Å². The number of tetrazole rings is 1. The van der Waals surface area contributed by atoms with Crippen LogP contribution in [0.5, 0.6) is 0 Å². The van der Waals surface area contributed by atoms with Crippen LogP contribution < -0.4 is 10.6 Å². The number of aromatic nitrogens is 4. The summed E-state index contributed by atoms with van der Waals surface area (Å²) in [5.41, 5.74) is 3.36. The summed E-state index contributed by atoms with van der Waals surface area (Å²) >= 11 is 7.04. The predicted octanol–water partition coefficient (Wildman–Crippen LogP) is 3.76. The highest BCUT2D eigenvalue weighted by Gasteiger charge is 2.21. The van der Waals surface area contributed by atoms with Gasteiger partial charge in [-0.2, -0.15) is 4.68 Å². The smallest absolute Gasteiger partial charge is 0.307 e. The van der Waals surface area contributed by atoms with Crippen molar-refractivity contribution >= 4 is 41.0 Å². The van der Waals surface area contributed by atoms with Crippen LogP contribution in [0.2, 0.25) is 5.02 Å². The van der Waals surface area contributed by atoms with E-state index in [-0.39, 0.29) is 0 Å². The molecular weight excluding hydrogens is 412 g/mol. The number of carbonyl (C=O) groups excluding carboxylic acids is 2. The van der Waals surface area contributed by atoms with Gasteiger partial charge in [0.15, 0.2) is 0 Å². The summed E-state index contributed by atoms with van der Waals surface area (Å²) in [4.78, 5) is 24.6. The van der Waals surface area contributed by atoms with Crippen molar-refractivity contribution in [2.45, 2.75) is 31.2 Å². The Labute approximate surface area is 177 Å². The Bertz CT molecular complexity index is 1040. The number of nitrogens with zero attached hydrogens (tertiary/aromatic N) is 4. The largest absolute Gasteiger partial charge is 0.325 e. The van der Waals surface area contributed by atoms with Gasteiger partial charge in [0.1, 0.15) is 0 Å². The van der Waals surface area contributed by atoms with E-state index in [2.05, 4.69) is 26.2 Å². The molecule has 29 heavy (non-hydrogen) atoms. The Morgan fingerprint density at radius 2 is 1.86 bits per heavy atom. The summed E-state index contributed by atoms with van der Waals surface area (Å²) in [5.74, 6) is -0.456. The Hall–Kier alpha value is -2.91. The molecule has 0 bridgehead atoms. The van der Waals surface area contributed by atoms with Gasteiger partial charge in [-0.25, -0.2) is 4.79 Å². The summed E-state index contributed by atoms with van der Waals surface area (Å²) < 4.78 is 1.50. The molecule has 0 saturated heterocycles. The van der Waals surface area contributed by atoms with Crippen LogP contribution >= 0.6 is 23.4 Å². The number of rotatable bonds is 5. The quantitative estimate of drug-likeness (QED) is 0.597. The first-order valence-corrected chi connectivity index (χ1v) is 9.99. The fourth-order valence-corrected chi connectivity index (χ4v) is 3.46. The number of benzene rings is 2. The first-order chi connectivity index (χ1) is 13.8. The second-order valence-corrected chi connectivity index (χ2v) is 8.12. The molecule has 3 aromatic rings. The zero-order valence-corrected chi connectivity index (χ0v) is 17.6. The summed E-state index contributed by atoms with van der Waals surface area (Å²) in [6, 6.07) is 12.0. The number of thioether (sulfide) groups is 1. The van der Waals surface area contributed by atoms with Crippen molar-refractivity contribution in [1.29, 1.82) is 0 Å². The summed E-state index contributed by atoms with van der Waals surface area (Å²) in [7, 11) is 0. The molecule has 3 amide bonds. The summed E-state index contributed by atoms with van der Waals surface area (Å²) in [6.07, 6.45) is 0. The molecule has 0 radical (unpaired) electrons. The van der Waals surface area contributed by atoms with Crippen LogP contribution in [0.3, 0.4) is 0 Å². The second-order valence-electron chi connectivity index (χ2n) is 6.37. The van der Waals surface area contributed by atoms with Crippen molar-refractivity contribution in [2.24, 2.45) is 0 Å². The van der Waals surface area contributed by atoms with Crippen molar-refractivity contribution in [3.8, 4) is 5.69 Å². The van der Waals surface area contributed by atoms with E-state index < -0.39 is 17.2 Å². The summed E-state index contributed by atoms with van der Waals surface area (Å²) in [6.45, 7) is 5.53. The van der Waals surface area contributed by atoms with Crippen molar-refractivity contribution in [1.82, 2.24) is 25.5 Å². The number of aryl methyl sites for hydroxylation is 2. The lowest BCUT2D eigenvalue weighted by atomic mass is 10.1. The molecule has 8 nitrogen and oxygen atoms in total. The third-order valence-electron chi connectivity index (χ3n) is 4.03. The Morgan fingerprint density at radius 1 is 1.14 bits per heavy atom. The molecule has 1 atom stereocenters. The fraction of sp³-hybridized carbons (Fsp3) is 0.211. The van der Waals surface area contributed by atoms with Crippen LogP contribution in [0, 0.1) is 13.8 Å². The molecule has 1 unspecified atom stereocenters. The number of imide groups is 1. The predicted molar refractivity (Wildman–Crippen MR) is 113 cm³/mol. The number of hydrogen-bond donors (Lipinski definition) is 2. The van der Waals surface area contributed by atoms with Gasteiger partial charge in [0, 0.05) is 10.7 Å². The molecule has 0 spiro atoms. The molecule has 3 rings (SSSR count). The zero-order chi connectivity index (χ0) is 21.0. The molecule has 1 heterocycles. The van der Waals surface area contributed by atoms with Gasteiger partial charge in [0.25, 0.3) is 0 Å². The molecule has 0 aliphatic carbocycles. The Morgan fingerprint density at radius 3 is 2.55 bits per heavy atom. The van der Waals surface area contributed by atoms with Gasteiger partial charge in [-0.3, -0.25) is 10.1 Å². The lowest BCUT2D eigenvalue weighted by Gasteiger charge is -2.13. The van der Waals surface area contributed by atoms with Crippen LogP contribution in [0.15, 0.2) is 47.6 Å². The average molecular weight is 431 g/mol. The minimum Gasteiger partial charge on any atom is -0.307 e. The maximum atomic E-state index is 12.4. The second kappa shape index (κ2) is 9.06. The van der Waals surface area contributed by atoms with Gasteiger partial charge >= 0.3 is 6.03 Å². The molecule has 150 valence electrons. The lowest BCUT2D eigenvalue weighted by molar-refractivity contribution is -0.119. The van der Waals surface area contributed by atoms with Gasteiger partial charge in [-0.1, -0.05) is 41.1 Å². The van der Waals surface area contributed by atoms with Gasteiger partial charge in [0.05, 0.1) is 10.9 Å². The maximum absolute atomic E-state index is 12.4. The number of halogens is 1. The van der Waals surface area contributed by atoms with Crippen LogP contribution in [0.4, 0.5) is 10.5 Å². The van der Waals surface area contributed by atoms with Crippen LogP contribution in [0.25, 0.3) is 5.69 Å². The Balaban J connectivity index is 1.62. The van der Waals surface area contributed by atoms with Gasteiger partial charge in [-0.15, -0.1) is 5.10 Å². The number of anilines is 1. The minimum absolute atomic E-state index is 0.421. The van der Waals surface area contributed by atoms with Gasteiger partial charge < -0.3 is 5.32 Å². The summed E-state index contributed by atoms with van der Waals surface area (Å²) in [5, 5.41) is 17.0. The standard InChI is InChI=1S/C19H19ClN6O2S/c1-11-4-9-16(12(2)10-11)21-18(28)22-17(27)13(3)29-19-23-24-25-26(19)15-7-5-14(20)6-8-15/h4-10,13H,1-3H3,(H2,21,22,27,28). The normalized spacial score (nSPS) is 11.7. The number of hydrogen-bond acceptors (Lipinski definition) is 6. The first-order valence-electron chi connectivity index (χ1n) is 8.73. The fourth-order valence-electron chi connectivity index (χ4n) is 2.53. The zero-order valence-electron chi connectivity index (χ0n) is 16.0. The maximum Gasteiger partial charge on any atom is 0.325 e. The number of urea groups is 1. The molecule has 0 saturated carbocycles. The number of amides is 3. The molecule has 0 fully saturated rings. The van der Waals surface area contributed by atoms with E-state index in [1.165, 1.54) is 4.68 Å². The van der Waals surface area contributed by atoms with E-state index in [1.54, 1.807) is 37.3 Å². The Kier molecular flexibility index (Phi) is 6.50. The number of carbonyl (C=O) groups is 2. The molecule has 2 aromatic carbocycles. The molecule has 2 N–H and O–H groups in total. The van der Waals surface area contributed by atoms with Crippen molar-refractivity contribution in [3.05, 3.63) is 58.6 Å². The molecule has 10 heteroatoms.